The average Bonchev–Trinajstić information content (AvgIpc) is 2.55. The Labute approximate surface area is 134 Å². The molecule has 23 heavy (non-hydrogen) atoms. The first-order valence-corrected chi connectivity index (χ1v) is 8.09. The number of hydrogen-bond donors (Lipinski definition) is 2. The van der Waals surface area contributed by atoms with E-state index in [1.807, 2.05) is 6.07 Å². The summed E-state index contributed by atoms with van der Waals surface area (Å²) >= 11 is 0. The molecule has 1 saturated carbocycles. The average molecular weight is 320 g/mol. The van der Waals surface area contributed by atoms with Gasteiger partial charge in [-0.05, 0) is 49.3 Å². The predicted molar refractivity (Wildman–Crippen MR) is 82.4 cm³/mol. The van der Waals surface area contributed by atoms with E-state index in [0.29, 0.717) is 50.8 Å². The maximum atomic E-state index is 13.7. The third-order valence-electron chi connectivity index (χ3n) is 4.90. The Morgan fingerprint density at radius 1 is 1.22 bits per heavy atom. The number of hydrogen-bond acceptors (Lipinski definition) is 2. The van der Waals surface area contributed by atoms with Gasteiger partial charge in [0.05, 0.1) is 5.92 Å². The number of amides is 2. The summed E-state index contributed by atoms with van der Waals surface area (Å²) in [4.78, 5) is 25.0. The van der Waals surface area contributed by atoms with Gasteiger partial charge in [0.2, 0.25) is 0 Å². The number of carboxylic acids is 1. The summed E-state index contributed by atoms with van der Waals surface area (Å²) in [7, 11) is 0. The number of urea groups is 1. The third-order valence-corrected chi connectivity index (χ3v) is 4.90. The highest BCUT2D eigenvalue weighted by Gasteiger charge is 2.29. The van der Waals surface area contributed by atoms with Crippen molar-refractivity contribution < 1.29 is 19.1 Å². The van der Waals surface area contributed by atoms with Crippen LogP contribution in [-0.2, 0) is 17.8 Å². The number of rotatable bonds is 2. The van der Waals surface area contributed by atoms with E-state index in [9.17, 15) is 14.0 Å². The molecule has 1 fully saturated rings. The van der Waals surface area contributed by atoms with Gasteiger partial charge in [-0.15, -0.1) is 0 Å². The molecule has 0 spiro atoms. The number of carbonyl (C=O) groups is 2. The smallest absolute Gasteiger partial charge is 0.317 e. The van der Waals surface area contributed by atoms with Gasteiger partial charge in [-0.25, -0.2) is 9.18 Å². The van der Waals surface area contributed by atoms with E-state index >= 15 is 0 Å². The Morgan fingerprint density at radius 3 is 2.65 bits per heavy atom. The second kappa shape index (κ2) is 6.56. The van der Waals surface area contributed by atoms with E-state index in [2.05, 4.69) is 5.32 Å². The molecule has 6 heteroatoms. The molecule has 0 atom stereocenters. The second-order valence-electron chi connectivity index (χ2n) is 6.39. The number of aliphatic carboxylic acids is 1. The van der Waals surface area contributed by atoms with E-state index in [1.165, 1.54) is 6.07 Å². The largest absolute Gasteiger partial charge is 0.481 e. The number of carboxylic acid groups (broad SMARTS) is 1. The molecule has 3 rings (SSSR count). The molecule has 1 aromatic carbocycles. The number of benzene rings is 1. The molecule has 1 heterocycles. The summed E-state index contributed by atoms with van der Waals surface area (Å²) < 4.78 is 13.7. The van der Waals surface area contributed by atoms with E-state index < -0.39 is 5.97 Å². The number of nitrogens with one attached hydrogen (secondary N) is 1. The van der Waals surface area contributed by atoms with Crippen LogP contribution in [0.4, 0.5) is 9.18 Å². The zero-order chi connectivity index (χ0) is 16.4. The molecule has 5 nitrogen and oxygen atoms in total. The van der Waals surface area contributed by atoms with Crippen LogP contribution in [0.5, 0.6) is 0 Å². The van der Waals surface area contributed by atoms with Gasteiger partial charge < -0.3 is 15.3 Å². The number of halogens is 1. The topological polar surface area (TPSA) is 69.6 Å². The van der Waals surface area contributed by atoms with Gasteiger partial charge in [0.25, 0.3) is 0 Å². The zero-order valence-corrected chi connectivity index (χ0v) is 12.9. The Kier molecular flexibility index (Phi) is 4.50. The van der Waals surface area contributed by atoms with Crippen LogP contribution in [0.15, 0.2) is 18.2 Å². The lowest BCUT2D eigenvalue weighted by Crippen LogP contribution is -2.48. The van der Waals surface area contributed by atoms with Gasteiger partial charge in [0, 0.05) is 19.1 Å². The summed E-state index contributed by atoms with van der Waals surface area (Å²) in [6.45, 7) is 0.924. The van der Waals surface area contributed by atoms with Crippen LogP contribution in [0, 0.1) is 11.7 Å². The highest BCUT2D eigenvalue weighted by Crippen LogP contribution is 2.25. The quantitative estimate of drug-likeness (QED) is 0.880. The van der Waals surface area contributed by atoms with Crippen molar-refractivity contribution in [1.29, 1.82) is 0 Å². The van der Waals surface area contributed by atoms with Gasteiger partial charge >= 0.3 is 12.0 Å². The summed E-state index contributed by atoms with van der Waals surface area (Å²) in [5.74, 6) is -1.23. The lowest BCUT2D eigenvalue weighted by Gasteiger charge is -2.32. The van der Waals surface area contributed by atoms with Gasteiger partial charge in [-0.3, -0.25) is 4.79 Å². The zero-order valence-electron chi connectivity index (χ0n) is 12.9. The molecule has 1 aromatic rings. The van der Waals surface area contributed by atoms with E-state index in [4.69, 9.17) is 5.11 Å². The summed E-state index contributed by atoms with van der Waals surface area (Å²) in [5.41, 5.74) is 1.57. The fourth-order valence-electron chi connectivity index (χ4n) is 3.49. The van der Waals surface area contributed by atoms with Crippen LogP contribution in [0.3, 0.4) is 0 Å². The molecule has 0 radical (unpaired) electrons. The molecule has 124 valence electrons. The van der Waals surface area contributed by atoms with Crippen LogP contribution in [0.1, 0.15) is 36.8 Å². The first-order chi connectivity index (χ1) is 11.0. The molecular weight excluding hydrogens is 299 g/mol. The summed E-state index contributed by atoms with van der Waals surface area (Å²) in [6.07, 6.45) is 3.13. The summed E-state index contributed by atoms with van der Waals surface area (Å²) in [6, 6.07) is 4.87. The lowest BCUT2D eigenvalue weighted by molar-refractivity contribution is -0.142. The van der Waals surface area contributed by atoms with Gasteiger partial charge in [-0.2, -0.15) is 0 Å². The van der Waals surface area contributed by atoms with Crippen LogP contribution in [-0.4, -0.2) is 34.6 Å². The Balaban J connectivity index is 1.55. The van der Waals surface area contributed by atoms with Gasteiger partial charge in [0.15, 0.2) is 0 Å². The third kappa shape index (κ3) is 3.46. The Hall–Kier alpha value is -2.11. The minimum Gasteiger partial charge on any atom is -0.481 e. The monoisotopic (exact) mass is 320 g/mol. The van der Waals surface area contributed by atoms with E-state index in [0.717, 1.165) is 5.56 Å². The van der Waals surface area contributed by atoms with Gasteiger partial charge in [-0.1, -0.05) is 12.1 Å². The van der Waals surface area contributed by atoms with Crippen LogP contribution in [0.25, 0.3) is 0 Å². The van der Waals surface area contributed by atoms with Crippen molar-refractivity contribution in [3.05, 3.63) is 35.1 Å². The van der Waals surface area contributed by atoms with Gasteiger partial charge in [0.1, 0.15) is 5.82 Å². The molecule has 0 bridgehead atoms. The Bertz CT molecular complexity index is 612. The highest BCUT2D eigenvalue weighted by molar-refractivity contribution is 5.75. The lowest BCUT2D eigenvalue weighted by atomic mass is 9.86. The second-order valence-corrected chi connectivity index (χ2v) is 6.39. The number of fused-ring (bicyclic) bond motifs is 1. The summed E-state index contributed by atoms with van der Waals surface area (Å²) in [5, 5.41) is 12.0. The predicted octanol–water partition coefficient (Wildman–Crippen LogP) is 2.54. The number of nitrogens with zero attached hydrogens (tertiary/aromatic N) is 1. The van der Waals surface area contributed by atoms with Crippen molar-refractivity contribution in [2.24, 2.45) is 5.92 Å². The SMILES string of the molecule is O=C(O)C1CCC(NC(=O)N2CCc3c(F)cccc3C2)CC1. The molecule has 1 aliphatic heterocycles. The molecule has 0 saturated heterocycles. The Morgan fingerprint density at radius 2 is 1.96 bits per heavy atom. The fraction of sp³-hybridized carbons (Fsp3) is 0.529. The van der Waals surface area contributed by atoms with Crippen molar-refractivity contribution in [1.82, 2.24) is 10.2 Å². The highest BCUT2D eigenvalue weighted by atomic mass is 19.1. The van der Waals surface area contributed by atoms with Crippen molar-refractivity contribution in [2.45, 2.75) is 44.7 Å². The van der Waals surface area contributed by atoms with Crippen molar-refractivity contribution in [3.8, 4) is 0 Å². The van der Waals surface area contributed by atoms with Crippen LogP contribution < -0.4 is 5.32 Å². The van der Waals surface area contributed by atoms with Crippen molar-refractivity contribution in [3.63, 3.8) is 0 Å². The minimum absolute atomic E-state index is 0.0343. The van der Waals surface area contributed by atoms with E-state index in [-0.39, 0.29) is 23.8 Å². The maximum absolute atomic E-state index is 13.7. The molecule has 0 unspecified atom stereocenters. The molecule has 2 amide bonds. The number of carbonyl (C=O) groups excluding carboxylic acids is 1. The minimum atomic E-state index is -0.746. The first kappa shape index (κ1) is 15.8. The molecule has 2 N–H and O–H groups in total. The molecule has 1 aliphatic carbocycles. The van der Waals surface area contributed by atoms with E-state index in [1.54, 1.807) is 11.0 Å². The molecular formula is C17H21FN2O3. The molecule has 2 aliphatic rings. The standard InChI is InChI=1S/C17H21FN2O3/c18-15-3-1-2-12-10-20(9-8-14(12)15)17(23)19-13-6-4-11(5-7-13)16(21)22/h1-3,11,13H,4-10H2,(H,19,23)(H,21,22). The normalized spacial score (nSPS) is 24.0. The van der Waals surface area contributed by atoms with Crippen LogP contribution >= 0.6 is 0 Å². The first-order valence-electron chi connectivity index (χ1n) is 8.09. The molecule has 0 aromatic heterocycles. The van der Waals surface area contributed by atoms with Crippen molar-refractivity contribution >= 4 is 12.0 Å². The maximum Gasteiger partial charge on any atom is 0.317 e. The van der Waals surface area contributed by atoms with Crippen molar-refractivity contribution in [2.75, 3.05) is 6.54 Å². The fourth-order valence-corrected chi connectivity index (χ4v) is 3.49. The van der Waals surface area contributed by atoms with Crippen LogP contribution in [0.2, 0.25) is 0 Å².